The van der Waals surface area contributed by atoms with Gasteiger partial charge < -0.3 is 10.1 Å². The third kappa shape index (κ3) is 5.56. The molecule has 3 aliphatic heterocycles. The molecule has 8 nitrogen and oxygen atoms in total. The summed E-state index contributed by atoms with van der Waals surface area (Å²) in [7, 11) is 0. The van der Waals surface area contributed by atoms with E-state index in [1.165, 1.54) is 0 Å². The lowest BCUT2D eigenvalue weighted by molar-refractivity contribution is -0.121. The highest BCUT2D eigenvalue weighted by molar-refractivity contribution is 6.37. The number of likely N-dealkylation sites (N-methyl/N-ethyl adjacent to an activating group) is 1. The van der Waals surface area contributed by atoms with Gasteiger partial charge in [0, 0.05) is 46.5 Å². The SMILES string of the molecule is C=C(/N=C1\C(=C/C)C=C(c2ccc(C3=NC(C)ON3)cc2Cl)C(=O)N1CC)NC1CCOC(C)(C)C1. The average molecular weight is 512 g/mol. The molecule has 0 aromatic heterocycles. The molecule has 4 rings (SSSR count). The molecule has 0 aliphatic carbocycles. The van der Waals surface area contributed by atoms with E-state index in [0.717, 1.165) is 24.0 Å². The Hall–Kier alpha value is -2.94. The van der Waals surface area contributed by atoms with E-state index < -0.39 is 0 Å². The number of carbonyl (C=O) groups excluding carboxylic acids is 1. The van der Waals surface area contributed by atoms with Crippen LogP contribution in [0, 0.1) is 0 Å². The summed E-state index contributed by atoms with van der Waals surface area (Å²) in [5.41, 5.74) is 5.39. The van der Waals surface area contributed by atoms with Crippen molar-refractivity contribution in [3.63, 3.8) is 0 Å². The van der Waals surface area contributed by atoms with Crippen LogP contribution in [-0.4, -0.2) is 53.5 Å². The maximum Gasteiger partial charge on any atom is 0.260 e. The van der Waals surface area contributed by atoms with Crippen LogP contribution in [0.4, 0.5) is 0 Å². The molecule has 3 heterocycles. The molecule has 1 saturated heterocycles. The summed E-state index contributed by atoms with van der Waals surface area (Å²) < 4.78 is 5.81. The van der Waals surface area contributed by atoms with E-state index >= 15 is 0 Å². The molecule has 1 aromatic rings. The Balaban J connectivity index is 1.61. The Labute approximate surface area is 217 Å². The molecule has 192 valence electrons. The summed E-state index contributed by atoms with van der Waals surface area (Å²) in [5.74, 6) is 1.54. The fourth-order valence-corrected chi connectivity index (χ4v) is 4.93. The lowest BCUT2D eigenvalue weighted by atomic mass is 9.94. The molecule has 2 atom stereocenters. The highest BCUT2D eigenvalue weighted by Gasteiger charge is 2.32. The Morgan fingerprint density at radius 3 is 2.83 bits per heavy atom. The van der Waals surface area contributed by atoms with Crippen molar-refractivity contribution in [3.05, 3.63) is 64.5 Å². The zero-order valence-corrected chi connectivity index (χ0v) is 22.3. The van der Waals surface area contributed by atoms with Crippen LogP contribution in [0.1, 0.15) is 58.6 Å². The largest absolute Gasteiger partial charge is 0.375 e. The second-order valence-corrected chi connectivity index (χ2v) is 10.1. The van der Waals surface area contributed by atoms with Crippen molar-refractivity contribution in [1.82, 2.24) is 15.7 Å². The van der Waals surface area contributed by atoms with Crippen molar-refractivity contribution in [3.8, 4) is 0 Å². The first-order valence-corrected chi connectivity index (χ1v) is 12.7. The van der Waals surface area contributed by atoms with Crippen LogP contribution in [0.2, 0.25) is 5.02 Å². The van der Waals surface area contributed by atoms with Crippen molar-refractivity contribution in [1.29, 1.82) is 0 Å². The Morgan fingerprint density at radius 1 is 1.44 bits per heavy atom. The van der Waals surface area contributed by atoms with Crippen LogP contribution in [-0.2, 0) is 14.4 Å². The van der Waals surface area contributed by atoms with E-state index in [-0.39, 0.29) is 23.8 Å². The van der Waals surface area contributed by atoms with E-state index in [1.807, 2.05) is 45.1 Å². The number of benzene rings is 1. The molecule has 36 heavy (non-hydrogen) atoms. The minimum absolute atomic E-state index is 0.162. The normalized spacial score (nSPS) is 26.1. The summed E-state index contributed by atoms with van der Waals surface area (Å²) in [6.07, 6.45) is 5.25. The molecular weight excluding hydrogens is 478 g/mol. The average Bonchev–Trinajstić information content (AvgIpc) is 3.25. The van der Waals surface area contributed by atoms with Gasteiger partial charge in [-0.15, -0.1) is 0 Å². The monoisotopic (exact) mass is 511 g/mol. The van der Waals surface area contributed by atoms with Gasteiger partial charge in [-0.1, -0.05) is 36.4 Å². The number of hydroxylamine groups is 1. The standard InChI is InChI=1S/C27H34ClN5O3/c1-7-18-13-22(21-10-9-19(14-23(21)28)24-31-17(4)36-32-24)26(34)33(8-2)25(18)30-16(3)29-20-11-12-35-27(5,6)15-20/h7,9-10,13-14,17,20,29H,3,8,11-12,15H2,1-2,4-6H3,(H,31,32)/b18-7-,30-25+. The lowest BCUT2D eigenvalue weighted by Crippen LogP contribution is -2.44. The number of allylic oxidation sites excluding steroid dienone is 1. The molecule has 2 N–H and O–H groups in total. The molecule has 0 bridgehead atoms. The fourth-order valence-electron chi connectivity index (χ4n) is 4.64. The zero-order chi connectivity index (χ0) is 26.0. The minimum atomic E-state index is -0.267. The van der Waals surface area contributed by atoms with Crippen LogP contribution >= 0.6 is 11.6 Å². The Bertz CT molecular complexity index is 1180. The number of ether oxygens (including phenoxy) is 1. The molecule has 9 heteroatoms. The quantitative estimate of drug-likeness (QED) is 0.584. The van der Waals surface area contributed by atoms with E-state index in [0.29, 0.717) is 46.8 Å². The van der Waals surface area contributed by atoms with Gasteiger partial charge in [0.1, 0.15) is 11.7 Å². The molecule has 1 amide bonds. The predicted molar refractivity (Wildman–Crippen MR) is 144 cm³/mol. The maximum atomic E-state index is 13.6. The van der Waals surface area contributed by atoms with E-state index in [1.54, 1.807) is 11.0 Å². The van der Waals surface area contributed by atoms with Crippen LogP contribution in [0.15, 0.2) is 58.3 Å². The summed E-state index contributed by atoms with van der Waals surface area (Å²) >= 11 is 6.66. The Morgan fingerprint density at radius 2 is 2.22 bits per heavy atom. The highest BCUT2D eigenvalue weighted by Crippen LogP contribution is 2.32. The number of halogens is 1. The first-order valence-electron chi connectivity index (χ1n) is 12.3. The van der Waals surface area contributed by atoms with E-state index in [9.17, 15) is 4.79 Å². The molecule has 2 unspecified atom stereocenters. The van der Waals surface area contributed by atoms with E-state index in [2.05, 4.69) is 36.2 Å². The fraction of sp³-hybridized carbons (Fsp3) is 0.444. The highest BCUT2D eigenvalue weighted by atomic mass is 35.5. The molecular formula is C27H34ClN5O3. The van der Waals surface area contributed by atoms with Crippen molar-refractivity contribution in [2.24, 2.45) is 9.98 Å². The molecule has 0 spiro atoms. The van der Waals surface area contributed by atoms with Crippen molar-refractivity contribution >= 4 is 34.8 Å². The third-order valence-corrected chi connectivity index (χ3v) is 6.71. The number of hydrogen-bond acceptors (Lipinski definition) is 7. The van der Waals surface area contributed by atoms with Crippen LogP contribution < -0.4 is 10.8 Å². The predicted octanol–water partition coefficient (Wildman–Crippen LogP) is 4.58. The van der Waals surface area contributed by atoms with Gasteiger partial charge in [0.25, 0.3) is 5.91 Å². The van der Waals surface area contributed by atoms with Gasteiger partial charge in [0.05, 0.1) is 5.60 Å². The van der Waals surface area contributed by atoms with Gasteiger partial charge in [-0.25, -0.2) is 20.3 Å². The number of amidine groups is 2. The summed E-state index contributed by atoms with van der Waals surface area (Å²) in [4.78, 5) is 29.7. The maximum absolute atomic E-state index is 13.6. The molecule has 1 fully saturated rings. The number of hydrogen-bond donors (Lipinski definition) is 2. The number of aliphatic imine (C=N–C) groups is 2. The van der Waals surface area contributed by atoms with Crippen LogP contribution in [0.25, 0.3) is 5.57 Å². The van der Waals surface area contributed by atoms with Crippen molar-refractivity contribution in [2.45, 2.75) is 65.3 Å². The molecule has 0 radical (unpaired) electrons. The van der Waals surface area contributed by atoms with Gasteiger partial charge in [0.15, 0.2) is 12.1 Å². The topological polar surface area (TPSA) is 87.6 Å². The third-order valence-electron chi connectivity index (χ3n) is 6.39. The van der Waals surface area contributed by atoms with Gasteiger partial charge in [-0.2, -0.15) is 0 Å². The van der Waals surface area contributed by atoms with E-state index in [4.69, 9.17) is 26.2 Å². The first-order chi connectivity index (χ1) is 17.1. The van der Waals surface area contributed by atoms with Crippen LogP contribution in [0.3, 0.4) is 0 Å². The minimum Gasteiger partial charge on any atom is -0.375 e. The Kier molecular flexibility index (Phi) is 7.68. The van der Waals surface area contributed by atoms with Gasteiger partial charge in [-0.05, 0) is 59.6 Å². The van der Waals surface area contributed by atoms with Crippen molar-refractivity contribution < 1.29 is 14.4 Å². The van der Waals surface area contributed by atoms with Crippen LogP contribution in [0.5, 0.6) is 0 Å². The summed E-state index contributed by atoms with van der Waals surface area (Å²) in [6.45, 7) is 15.1. The smallest absolute Gasteiger partial charge is 0.260 e. The molecule has 3 aliphatic rings. The van der Waals surface area contributed by atoms with Gasteiger partial charge >= 0.3 is 0 Å². The first kappa shape index (κ1) is 26.1. The van der Waals surface area contributed by atoms with Crippen molar-refractivity contribution in [2.75, 3.05) is 13.2 Å². The zero-order valence-electron chi connectivity index (χ0n) is 21.5. The lowest BCUT2D eigenvalue weighted by Gasteiger charge is -2.36. The molecule has 0 saturated carbocycles. The summed E-state index contributed by atoms with van der Waals surface area (Å²) in [6, 6.07) is 5.71. The number of nitrogens with zero attached hydrogens (tertiary/aromatic N) is 3. The number of rotatable bonds is 6. The number of nitrogens with one attached hydrogen (secondary N) is 2. The number of amides is 1. The van der Waals surface area contributed by atoms with Gasteiger partial charge in [-0.3, -0.25) is 9.69 Å². The molecule has 1 aromatic carbocycles. The number of carbonyl (C=O) groups is 1. The second kappa shape index (κ2) is 10.6. The van der Waals surface area contributed by atoms with Gasteiger partial charge in [0.2, 0.25) is 0 Å². The summed E-state index contributed by atoms with van der Waals surface area (Å²) in [5, 5.41) is 3.87. The second-order valence-electron chi connectivity index (χ2n) is 9.67.